The Labute approximate surface area is 184 Å². The maximum absolute atomic E-state index is 14.6. The average Bonchev–Trinajstić information content (AvgIpc) is 2.43. The summed E-state index contributed by atoms with van der Waals surface area (Å²) >= 11 is 5.64. The van der Waals surface area contributed by atoms with Crippen LogP contribution in [0.5, 0.6) is 0 Å². The van der Waals surface area contributed by atoms with Gasteiger partial charge in [0.05, 0.1) is 22.2 Å². The molecule has 0 aromatic heterocycles. The van der Waals surface area contributed by atoms with Crippen LogP contribution in [0.4, 0.5) is 4.39 Å². The zero-order valence-corrected chi connectivity index (χ0v) is 23.7. The van der Waals surface area contributed by atoms with Crippen LogP contribution in [0.25, 0.3) is 0 Å². The highest BCUT2D eigenvalue weighted by Gasteiger charge is 2.53. The van der Waals surface area contributed by atoms with E-state index in [1.807, 2.05) is 0 Å². The van der Waals surface area contributed by atoms with Crippen molar-refractivity contribution in [3.05, 3.63) is 0 Å². The Kier molecular flexibility index (Phi) is 8.50. The van der Waals surface area contributed by atoms with Crippen molar-refractivity contribution in [1.29, 1.82) is 0 Å². The van der Waals surface area contributed by atoms with Crippen molar-refractivity contribution in [2.75, 3.05) is 5.33 Å². The molecule has 0 saturated carbocycles. The second-order valence-corrected chi connectivity index (χ2v) is 21.9. The van der Waals surface area contributed by atoms with Crippen LogP contribution in [0.3, 0.4) is 0 Å². The third-order valence-electron chi connectivity index (χ3n) is 6.19. The van der Waals surface area contributed by atoms with Gasteiger partial charge in [0.1, 0.15) is 0 Å². The van der Waals surface area contributed by atoms with E-state index in [0.717, 1.165) is 0 Å². The van der Waals surface area contributed by atoms with E-state index in [1.165, 1.54) is 0 Å². The van der Waals surface area contributed by atoms with Gasteiger partial charge in [0.25, 0.3) is 0 Å². The topological polar surface area (TPSA) is 27.7 Å². The molecule has 1 rings (SSSR count). The molecule has 1 fully saturated rings. The van der Waals surface area contributed by atoms with Crippen LogP contribution in [-0.2, 0) is 13.6 Å². The summed E-state index contributed by atoms with van der Waals surface area (Å²) in [5.74, 6) is 0. The van der Waals surface area contributed by atoms with Crippen molar-refractivity contribution in [1.82, 2.24) is 0 Å². The molecule has 1 aliphatic heterocycles. The Bertz CT molecular complexity index is 452. The molecule has 0 aliphatic carbocycles. The fourth-order valence-corrected chi connectivity index (χ4v) is 6.45. The number of halogens is 3. The van der Waals surface area contributed by atoms with Crippen molar-refractivity contribution < 1.29 is 18.0 Å². The molecule has 8 heteroatoms. The van der Waals surface area contributed by atoms with Crippen molar-refractivity contribution in [3.63, 3.8) is 0 Å². The Morgan fingerprint density at radius 2 is 1.31 bits per heavy atom. The molecule has 0 unspecified atom stereocenters. The van der Waals surface area contributed by atoms with Gasteiger partial charge in [-0.3, -0.25) is 0 Å². The van der Waals surface area contributed by atoms with Gasteiger partial charge in [-0.2, -0.15) is 0 Å². The molecule has 156 valence electrons. The van der Waals surface area contributed by atoms with Crippen LogP contribution in [0.1, 0.15) is 41.5 Å². The highest BCUT2D eigenvalue weighted by Crippen LogP contribution is 2.44. The zero-order chi connectivity index (χ0) is 20.7. The first-order valence-electron chi connectivity index (χ1n) is 9.30. The third kappa shape index (κ3) is 5.75. The van der Waals surface area contributed by atoms with Crippen molar-refractivity contribution in [3.8, 4) is 0 Å². The SMILES string of the molecule is CC(C)(C)[Si](C)(C)O[C@@H]1[C@@H](I)[C@H](F)O[C@H](CBr)[C@H]1O[Si](C)(C)C(C)(C)C. The van der Waals surface area contributed by atoms with Crippen LogP contribution in [0.2, 0.25) is 36.3 Å². The van der Waals surface area contributed by atoms with Gasteiger partial charge in [-0.1, -0.05) is 80.1 Å². The van der Waals surface area contributed by atoms with Gasteiger partial charge < -0.3 is 13.6 Å². The van der Waals surface area contributed by atoms with E-state index in [1.54, 1.807) is 0 Å². The van der Waals surface area contributed by atoms with Crippen LogP contribution < -0.4 is 0 Å². The molecule has 0 amide bonds. The molecule has 1 saturated heterocycles. The van der Waals surface area contributed by atoms with Crippen LogP contribution in [-0.4, -0.2) is 50.6 Å². The third-order valence-corrected chi connectivity index (χ3v) is 17.0. The Morgan fingerprint density at radius 3 is 1.65 bits per heavy atom. The summed E-state index contributed by atoms with van der Waals surface area (Å²) in [6.07, 6.45) is -2.26. The molecular formula is C18H37BrFIO3Si2. The molecule has 0 aromatic rings. The van der Waals surface area contributed by atoms with E-state index < -0.39 is 23.0 Å². The summed E-state index contributed by atoms with van der Waals surface area (Å²) in [6.45, 7) is 22.2. The highest BCUT2D eigenvalue weighted by atomic mass is 127. The molecule has 0 N–H and O–H groups in total. The molecule has 3 nitrogen and oxygen atoms in total. The summed E-state index contributed by atoms with van der Waals surface area (Å²) in [5, 5.41) is 0.658. The number of hydrogen-bond donors (Lipinski definition) is 0. The lowest BCUT2D eigenvalue weighted by Gasteiger charge is -2.50. The monoisotopic (exact) mass is 582 g/mol. The minimum Gasteiger partial charge on any atom is -0.410 e. The fourth-order valence-electron chi connectivity index (χ4n) is 2.29. The van der Waals surface area contributed by atoms with E-state index in [-0.39, 0.29) is 32.3 Å². The largest absolute Gasteiger partial charge is 0.410 e. The van der Waals surface area contributed by atoms with Crippen molar-refractivity contribution in [2.45, 2.75) is 106 Å². The van der Waals surface area contributed by atoms with Crippen LogP contribution in [0.15, 0.2) is 0 Å². The van der Waals surface area contributed by atoms with Crippen LogP contribution in [0, 0.1) is 0 Å². The van der Waals surface area contributed by atoms with Crippen LogP contribution >= 0.6 is 38.5 Å². The molecule has 0 aromatic carbocycles. The van der Waals surface area contributed by atoms with E-state index in [2.05, 4.69) is 106 Å². The predicted octanol–water partition coefficient (Wildman–Crippen LogP) is 6.66. The van der Waals surface area contributed by atoms with Crippen molar-refractivity contribution in [2.24, 2.45) is 0 Å². The molecular weight excluding hydrogens is 546 g/mol. The summed E-state index contributed by atoms with van der Waals surface area (Å²) in [5.41, 5.74) is 0. The molecule has 0 radical (unpaired) electrons. The average molecular weight is 583 g/mol. The summed E-state index contributed by atoms with van der Waals surface area (Å²) in [6, 6.07) is 0. The molecule has 1 aliphatic rings. The van der Waals surface area contributed by atoms with Gasteiger partial charge in [0, 0.05) is 5.33 Å². The van der Waals surface area contributed by atoms with Gasteiger partial charge in [-0.15, -0.1) is 0 Å². The highest BCUT2D eigenvalue weighted by molar-refractivity contribution is 14.1. The summed E-state index contributed by atoms with van der Waals surface area (Å²) < 4.78 is 33.4. The number of hydrogen-bond acceptors (Lipinski definition) is 3. The minimum atomic E-state index is -2.08. The molecule has 5 atom stereocenters. The smallest absolute Gasteiger partial charge is 0.213 e. The summed E-state index contributed by atoms with van der Waals surface area (Å²) in [4.78, 5) is 0. The Balaban J connectivity index is 3.25. The van der Waals surface area contributed by atoms with E-state index in [9.17, 15) is 4.39 Å². The van der Waals surface area contributed by atoms with Gasteiger partial charge in [-0.25, -0.2) is 4.39 Å². The van der Waals surface area contributed by atoms with E-state index in [4.69, 9.17) is 13.6 Å². The number of rotatable bonds is 5. The second-order valence-electron chi connectivity index (χ2n) is 10.3. The second kappa shape index (κ2) is 8.67. The quantitative estimate of drug-likeness (QED) is 0.206. The van der Waals surface area contributed by atoms with Gasteiger partial charge in [-0.05, 0) is 36.3 Å². The number of alkyl halides is 3. The molecule has 0 spiro atoms. The standard InChI is InChI=1S/C18H37BrFIO3Si2/c1-17(2,3)25(7,8)23-14-12(11-19)22-16(20)13(21)15(14)24-26(9,10)18(4,5)6/h12-16H,11H2,1-10H3/t12-,13-,14-,15-,16-/m1/s1. The lowest BCUT2D eigenvalue weighted by Crippen LogP contribution is -2.63. The normalized spacial score (nSPS) is 32.0. The predicted molar refractivity (Wildman–Crippen MR) is 126 cm³/mol. The van der Waals surface area contributed by atoms with Crippen molar-refractivity contribution >= 4 is 55.2 Å². The lowest BCUT2D eigenvalue weighted by atomic mass is 10.0. The first-order valence-corrected chi connectivity index (χ1v) is 17.5. The molecule has 1 heterocycles. The fraction of sp³-hybridized carbons (Fsp3) is 1.00. The first kappa shape index (κ1) is 25.5. The van der Waals surface area contributed by atoms with Gasteiger partial charge in [0.15, 0.2) is 16.6 Å². The summed E-state index contributed by atoms with van der Waals surface area (Å²) in [7, 11) is -4.13. The van der Waals surface area contributed by atoms with E-state index in [0.29, 0.717) is 5.33 Å². The minimum absolute atomic E-state index is 0.0545. The van der Waals surface area contributed by atoms with E-state index >= 15 is 0 Å². The Hall–Kier alpha value is 1.45. The van der Waals surface area contributed by atoms with Gasteiger partial charge in [0.2, 0.25) is 6.36 Å². The lowest BCUT2D eigenvalue weighted by molar-refractivity contribution is -0.181. The first-order chi connectivity index (χ1) is 11.4. The Morgan fingerprint density at radius 1 is 0.923 bits per heavy atom. The van der Waals surface area contributed by atoms with Gasteiger partial charge >= 0.3 is 0 Å². The maximum atomic E-state index is 14.6. The number of ether oxygens (including phenoxy) is 1. The molecule has 0 bridgehead atoms. The maximum Gasteiger partial charge on any atom is 0.213 e. The molecule has 26 heavy (non-hydrogen) atoms. The zero-order valence-electron chi connectivity index (χ0n) is 18.0.